The maximum atomic E-state index is 12.4. The average Bonchev–Trinajstić information content (AvgIpc) is 2.94. The zero-order valence-electron chi connectivity index (χ0n) is 16.7. The summed E-state index contributed by atoms with van der Waals surface area (Å²) >= 11 is 0. The lowest BCUT2D eigenvalue weighted by atomic mass is 10.1. The molecule has 2 heterocycles. The highest BCUT2D eigenvalue weighted by Gasteiger charge is 2.20. The minimum atomic E-state index is 0.0379. The van der Waals surface area contributed by atoms with E-state index in [1.807, 2.05) is 16.5 Å². The third-order valence-electron chi connectivity index (χ3n) is 5.56. The Morgan fingerprint density at radius 2 is 1.74 bits per heavy atom. The number of benzene rings is 1. The summed E-state index contributed by atoms with van der Waals surface area (Å²) in [7, 11) is 0. The minimum Gasteiger partial charge on any atom is -0.336 e. The van der Waals surface area contributed by atoms with E-state index in [4.69, 9.17) is 0 Å². The number of piperazine rings is 1. The first-order valence-corrected chi connectivity index (χ1v) is 9.84. The molecule has 1 aromatic carbocycles. The van der Waals surface area contributed by atoms with E-state index in [0.29, 0.717) is 13.1 Å². The van der Waals surface area contributed by atoms with Gasteiger partial charge in [0.25, 0.3) is 0 Å². The standard InChI is InChI=1S/C21H31N5O/c1-17-18(2)23-26(19(17)3)12-10-22-21(27)25-15-13-24(14-16-25)11-9-20-7-5-4-6-8-20/h4-8H,9-16H2,1-3H3,(H,22,27). The van der Waals surface area contributed by atoms with Gasteiger partial charge >= 0.3 is 6.03 Å². The molecule has 1 saturated heterocycles. The van der Waals surface area contributed by atoms with Crippen molar-refractivity contribution in [2.24, 2.45) is 0 Å². The van der Waals surface area contributed by atoms with Gasteiger partial charge in [-0.3, -0.25) is 9.58 Å². The van der Waals surface area contributed by atoms with E-state index in [0.717, 1.165) is 44.8 Å². The van der Waals surface area contributed by atoms with Crippen LogP contribution in [0.15, 0.2) is 30.3 Å². The molecule has 0 radical (unpaired) electrons. The molecule has 146 valence electrons. The van der Waals surface area contributed by atoms with Crippen molar-refractivity contribution >= 4 is 6.03 Å². The SMILES string of the molecule is Cc1nn(CCNC(=O)N2CCN(CCc3ccccc3)CC2)c(C)c1C. The second-order valence-electron chi connectivity index (χ2n) is 7.32. The lowest BCUT2D eigenvalue weighted by Crippen LogP contribution is -2.52. The number of amides is 2. The molecule has 1 aromatic heterocycles. The molecule has 3 rings (SSSR count). The molecule has 0 spiro atoms. The van der Waals surface area contributed by atoms with Gasteiger partial charge in [-0.15, -0.1) is 0 Å². The van der Waals surface area contributed by atoms with E-state index in [-0.39, 0.29) is 6.03 Å². The Morgan fingerprint density at radius 3 is 2.37 bits per heavy atom. The summed E-state index contributed by atoms with van der Waals surface area (Å²) in [6.45, 7) is 12.0. The van der Waals surface area contributed by atoms with Crippen molar-refractivity contribution in [3.63, 3.8) is 0 Å². The zero-order chi connectivity index (χ0) is 19.2. The van der Waals surface area contributed by atoms with Crippen LogP contribution in [0.5, 0.6) is 0 Å². The molecule has 0 aliphatic carbocycles. The van der Waals surface area contributed by atoms with Crippen LogP contribution in [-0.4, -0.2) is 64.9 Å². The first kappa shape index (κ1) is 19.4. The maximum absolute atomic E-state index is 12.4. The van der Waals surface area contributed by atoms with Crippen LogP contribution in [0.2, 0.25) is 0 Å². The van der Waals surface area contributed by atoms with E-state index in [1.165, 1.54) is 16.8 Å². The van der Waals surface area contributed by atoms with Crippen molar-refractivity contribution in [3.05, 3.63) is 52.8 Å². The van der Waals surface area contributed by atoms with Gasteiger partial charge in [-0.05, 0) is 38.3 Å². The molecule has 1 fully saturated rings. The van der Waals surface area contributed by atoms with Gasteiger partial charge < -0.3 is 10.2 Å². The van der Waals surface area contributed by atoms with Gasteiger partial charge in [0.1, 0.15) is 0 Å². The van der Waals surface area contributed by atoms with Crippen molar-refractivity contribution in [2.75, 3.05) is 39.3 Å². The highest BCUT2D eigenvalue weighted by molar-refractivity contribution is 5.74. The normalized spacial score (nSPS) is 15.1. The summed E-state index contributed by atoms with van der Waals surface area (Å²) in [4.78, 5) is 16.8. The van der Waals surface area contributed by atoms with Crippen LogP contribution in [-0.2, 0) is 13.0 Å². The predicted octanol–water partition coefficient (Wildman–Crippen LogP) is 2.38. The highest BCUT2D eigenvalue weighted by atomic mass is 16.2. The molecule has 2 aromatic rings. The summed E-state index contributed by atoms with van der Waals surface area (Å²) in [6, 6.07) is 10.6. The second-order valence-corrected chi connectivity index (χ2v) is 7.32. The predicted molar refractivity (Wildman–Crippen MR) is 108 cm³/mol. The van der Waals surface area contributed by atoms with Gasteiger partial charge in [-0.25, -0.2) is 4.79 Å². The fourth-order valence-electron chi connectivity index (χ4n) is 3.49. The van der Waals surface area contributed by atoms with Gasteiger partial charge in [0.15, 0.2) is 0 Å². The van der Waals surface area contributed by atoms with Gasteiger partial charge in [-0.2, -0.15) is 5.10 Å². The third kappa shape index (κ3) is 5.10. The topological polar surface area (TPSA) is 53.4 Å². The molecular formula is C21H31N5O. The van der Waals surface area contributed by atoms with Gasteiger partial charge in [0.05, 0.1) is 12.2 Å². The monoisotopic (exact) mass is 369 g/mol. The van der Waals surface area contributed by atoms with Crippen LogP contribution in [0, 0.1) is 20.8 Å². The number of carbonyl (C=O) groups excluding carboxylic acids is 1. The number of rotatable bonds is 6. The molecule has 6 heteroatoms. The Kier molecular flexibility index (Phi) is 6.50. The van der Waals surface area contributed by atoms with E-state index in [2.05, 4.69) is 59.5 Å². The van der Waals surface area contributed by atoms with E-state index in [9.17, 15) is 4.79 Å². The average molecular weight is 370 g/mol. The number of nitrogens with one attached hydrogen (secondary N) is 1. The maximum Gasteiger partial charge on any atom is 0.317 e. The first-order valence-electron chi connectivity index (χ1n) is 9.84. The molecule has 2 amide bonds. The number of urea groups is 1. The Morgan fingerprint density at radius 1 is 1.04 bits per heavy atom. The third-order valence-corrected chi connectivity index (χ3v) is 5.56. The van der Waals surface area contributed by atoms with Gasteiger partial charge in [-0.1, -0.05) is 30.3 Å². The summed E-state index contributed by atoms with van der Waals surface area (Å²) in [6.07, 6.45) is 1.06. The Balaban J connectivity index is 1.36. The number of aromatic nitrogens is 2. The molecule has 0 bridgehead atoms. The van der Waals surface area contributed by atoms with E-state index in [1.54, 1.807) is 0 Å². The summed E-state index contributed by atoms with van der Waals surface area (Å²) < 4.78 is 1.98. The molecule has 1 aliphatic rings. The molecule has 0 saturated carbocycles. The van der Waals surface area contributed by atoms with Crippen molar-refractivity contribution in [1.29, 1.82) is 0 Å². The quantitative estimate of drug-likeness (QED) is 0.851. The van der Waals surface area contributed by atoms with Crippen LogP contribution >= 0.6 is 0 Å². The Bertz CT molecular complexity index is 747. The van der Waals surface area contributed by atoms with Crippen molar-refractivity contribution < 1.29 is 4.79 Å². The van der Waals surface area contributed by atoms with Gasteiger partial charge in [0, 0.05) is 45.0 Å². The van der Waals surface area contributed by atoms with Crippen LogP contribution in [0.1, 0.15) is 22.5 Å². The van der Waals surface area contributed by atoms with Crippen LogP contribution < -0.4 is 5.32 Å². The lowest BCUT2D eigenvalue weighted by molar-refractivity contribution is 0.140. The molecule has 1 aliphatic heterocycles. The van der Waals surface area contributed by atoms with Crippen LogP contribution in [0.3, 0.4) is 0 Å². The fraction of sp³-hybridized carbons (Fsp3) is 0.524. The Labute approximate surface area is 162 Å². The number of hydrogen-bond donors (Lipinski definition) is 1. The largest absolute Gasteiger partial charge is 0.336 e. The van der Waals surface area contributed by atoms with Crippen LogP contribution in [0.25, 0.3) is 0 Å². The smallest absolute Gasteiger partial charge is 0.317 e. The summed E-state index contributed by atoms with van der Waals surface area (Å²) in [5.41, 5.74) is 4.84. The van der Waals surface area contributed by atoms with Crippen LogP contribution in [0.4, 0.5) is 4.79 Å². The van der Waals surface area contributed by atoms with Gasteiger partial charge in [0.2, 0.25) is 0 Å². The fourth-order valence-corrected chi connectivity index (χ4v) is 3.49. The minimum absolute atomic E-state index is 0.0379. The summed E-state index contributed by atoms with van der Waals surface area (Å²) in [5.74, 6) is 0. The zero-order valence-corrected chi connectivity index (χ0v) is 16.7. The first-order chi connectivity index (χ1) is 13.0. The molecule has 27 heavy (non-hydrogen) atoms. The highest BCUT2D eigenvalue weighted by Crippen LogP contribution is 2.10. The van der Waals surface area contributed by atoms with Crippen molar-refractivity contribution in [3.8, 4) is 0 Å². The molecule has 0 atom stereocenters. The number of aryl methyl sites for hydroxylation is 1. The molecule has 0 unspecified atom stereocenters. The lowest BCUT2D eigenvalue weighted by Gasteiger charge is -2.34. The second kappa shape index (κ2) is 9.04. The molecule has 6 nitrogen and oxygen atoms in total. The number of nitrogens with zero attached hydrogens (tertiary/aromatic N) is 4. The van der Waals surface area contributed by atoms with Crippen molar-refractivity contribution in [2.45, 2.75) is 33.7 Å². The summed E-state index contributed by atoms with van der Waals surface area (Å²) in [5, 5.41) is 7.56. The number of carbonyl (C=O) groups is 1. The van der Waals surface area contributed by atoms with E-state index >= 15 is 0 Å². The number of hydrogen-bond acceptors (Lipinski definition) is 3. The molecular weight excluding hydrogens is 338 g/mol. The Hall–Kier alpha value is -2.34. The molecule has 1 N–H and O–H groups in total. The van der Waals surface area contributed by atoms with Crippen molar-refractivity contribution in [1.82, 2.24) is 24.9 Å². The van der Waals surface area contributed by atoms with E-state index < -0.39 is 0 Å².